The van der Waals surface area contributed by atoms with Crippen LogP contribution in [0.5, 0.6) is 11.5 Å². The predicted octanol–water partition coefficient (Wildman–Crippen LogP) is 2.43. The summed E-state index contributed by atoms with van der Waals surface area (Å²) in [5.41, 5.74) is 0.672. The normalized spacial score (nSPS) is 17.2. The van der Waals surface area contributed by atoms with Gasteiger partial charge in [0.05, 0.1) is 17.4 Å². The number of ether oxygens (including phenoxy) is 2. The molecule has 1 aromatic heterocycles. The number of fused-ring (bicyclic) bond motifs is 2. The van der Waals surface area contributed by atoms with Crippen LogP contribution in [-0.4, -0.2) is 24.4 Å². The van der Waals surface area contributed by atoms with E-state index in [0.29, 0.717) is 34.3 Å². The predicted molar refractivity (Wildman–Crippen MR) is 76.9 cm³/mol. The lowest BCUT2D eigenvalue weighted by molar-refractivity contribution is 0.263. The summed E-state index contributed by atoms with van der Waals surface area (Å²) in [5, 5.41) is 10.4. The number of hydrogen-bond acceptors (Lipinski definition) is 5. The maximum absolute atomic E-state index is 12.4. The van der Waals surface area contributed by atoms with Crippen molar-refractivity contribution in [1.29, 1.82) is 0 Å². The minimum absolute atomic E-state index is 0.0586. The van der Waals surface area contributed by atoms with Gasteiger partial charge in [-0.25, -0.2) is 0 Å². The summed E-state index contributed by atoms with van der Waals surface area (Å²) in [7, 11) is 0. The minimum Gasteiger partial charge on any atom is -0.508 e. The van der Waals surface area contributed by atoms with Gasteiger partial charge in [0.1, 0.15) is 35.4 Å². The molecule has 1 fully saturated rings. The number of hydrogen-bond donors (Lipinski definition) is 1. The molecule has 3 aromatic rings. The molecule has 1 saturated heterocycles. The minimum atomic E-state index is -0.122. The topological polar surface area (TPSA) is 72.2 Å². The molecule has 1 aliphatic rings. The number of benzene rings is 2. The molecule has 2 aromatic carbocycles. The van der Waals surface area contributed by atoms with Crippen molar-refractivity contribution in [1.82, 2.24) is 0 Å². The van der Waals surface area contributed by atoms with Crippen LogP contribution in [0.25, 0.3) is 21.9 Å². The fourth-order valence-electron chi connectivity index (χ4n) is 2.26. The highest BCUT2D eigenvalue weighted by molar-refractivity contribution is 5.90. The van der Waals surface area contributed by atoms with Crippen LogP contribution in [0.3, 0.4) is 0 Å². The van der Waals surface area contributed by atoms with E-state index in [1.165, 1.54) is 12.1 Å². The summed E-state index contributed by atoms with van der Waals surface area (Å²) in [4.78, 5) is 12.4. The van der Waals surface area contributed by atoms with E-state index in [2.05, 4.69) is 0 Å². The Bertz CT molecular complexity index is 892. The fraction of sp³-hybridized carbons (Fsp3) is 0.188. The average molecular weight is 284 g/mol. The molecule has 2 heterocycles. The van der Waals surface area contributed by atoms with Gasteiger partial charge in [0, 0.05) is 12.1 Å². The molecule has 1 N–H and O–H groups in total. The highest BCUT2D eigenvalue weighted by atomic mass is 16.6. The van der Waals surface area contributed by atoms with E-state index >= 15 is 0 Å². The maximum atomic E-state index is 12.4. The SMILES string of the molecule is O=c1c2ccc(O)cc2oc2cc(OCC3CO3)ccc12. The lowest BCUT2D eigenvalue weighted by Crippen LogP contribution is -2.05. The zero-order chi connectivity index (χ0) is 14.4. The van der Waals surface area contributed by atoms with E-state index in [-0.39, 0.29) is 17.3 Å². The monoisotopic (exact) mass is 284 g/mol. The molecule has 1 atom stereocenters. The van der Waals surface area contributed by atoms with Gasteiger partial charge in [-0.1, -0.05) is 0 Å². The van der Waals surface area contributed by atoms with Crippen molar-refractivity contribution >= 4 is 21.9 Å². The highest BCUT2D eigenvalue weighted by Gasteiger charge is 2.23. The Hall–Kier alpha value is -2.53. The molecule has 0 spiro atoms. The van der Waals surface area contributed by atoms with Crippen molar-refractivity contribution in [3.8, 4) is 11.5 Å². The molecular weight excluding hydrogens is 272 g/mol. The van der Waals surface area contributed by atoms with Crippen LogP contribution in [0.1, 0.15) is 0 Å². The molecule has 0 saturated carbocycles. The number of phenolic OH excluding ortho intramolecular Hbond substituents is 1. The fourth-order valence-corrected chi connectivity index (χ4v) is 2.26. The van der Waals surface area contributed by atoms with Gasteiger partial charge in [-0.15, -0.1) is 0 Å². The average Bonchev–Trinajstić information content (AvgIpc) is 3.29. The standard InChI is InChI=1S/C16H12O5/c17-9-1-3-12-14(5-9)21-15-6-10(19-7-11-8-20-11)2-4-13(15)16(12)18/h1-6,11,17H,7-8H2. The summed E-state index contributed by atoms with van der Waals surface area (Å²) in [6, 6.07) is 9.58. The van der Waals surface area contributed by atoms with Crippen LogP contribution < -0.4 is 10.2 Å². The van der Waals surface area contributed by atoms with Crippen LogP contribution >= 0.6 is 0 Å². The summed E-state index contributed by atoms with van der Waals surface area (Å²) < 4.78 is 16.4. The number of aromatic hydroxyl groups is 1. The Morgan fingerprint density at radius 2 is 1.86 bits per heavy atom. The third-order valence-corrected chi connectivity index (χ3v) is 3.47. The molecule has 21 heavy (non-hydrogen) atoms. The molecule has 1 aliphatic heterocycles. The van der Waals surface area contributed by atoms with Crippen molar-refractivity contribution in [2.75, 3.05) is 13.2 Å². The van der Waals surface area contributed by atoms with Crippen LogP contribution in [0, 0.1) is 0 Å². The molecule has 0 amide bonds. The van der Waals surface area contributed by atoms with E-state index in [1.54, 1.807) is 24.3 Å². The van der Waals surface area contributed by atoms with Gasteiger partial charge >= 0.3 is 0 Å². The van der Waals surface area contributed by atoms with Crippen molar-refractivity contribution in [3.63, 3.8) is 0 Å². The Morgan fingerprint density at radius 3 is 2.62 bits per heavy atom. The van der Waals surface area contributed by atoms with Crippen LogP contribution in [0.4, 0.5) is 0 Å². The highest BCUT2D eigenvalue weighted by Crippen LogP contribution is 2.25. The van der Waals surface area contributed by atoms with Crippen LogP contribution in [-0.2, 0) is 4.74 Å². The molecular formula is C16H12O5. The Morgan fingerprint density at radius 1 is 1.14 bits per heavy atom. The van der Waals surface area contributed by atoms with Gasteiger partial charge in [-0.2, -0.15) is 0 Å². The zero-order valence-corrected chi connectivity index (χ0v) is 11.0. The largest absolute Gasteiger partial charge is 0.508 e. The van der Waals surface area contributed by atoms with Gasteiger partial charge < -0.3 is 19.0 Å². The third kappa shape index (κ3) is 2.21. The number of rotatable bonds is 3. The zero-order valence-electron chi connectivity index (χ0n) is 11.0. The lowest BCUT2D eigenvalue weighted by Gasteiger charge is -2.06. The summed E-state index contributed by atoms with van der Waals surface area (Å²) in [6.45, 7) is 1.22. The second-order valence-corrected chi connectivity index (χ2v) is 5.04. The molecule has 5 nitrogen and oxygen atoms in total. The summed E-state index contributed by atoms with van der Waals surface area (Å²) >= 11 is 0. The lowest BCUT2D eigenvalue weighted by atomic mass is 10.1. The number of epoxide rings is 1. The maximum Gasteiger partial charge on any atom is 0.200 e. The second-order valence-electron chi connectivity index (χ2n) is 5.04. The van der Waals surface area contributed by atoms with Gasteiger partial charge in [-0.05, 0) is 24.3 Å². The molecule has 5 heteroatoms. The molecule has 0 bridgehead atoms. The van der Waals surface area contributed by atoms with Gasteiger partial charge in [0.25, 0.3) is 0 Å². The van der Waals surface area contributed by atoms with Crippen molar-refractivity contribution < 1.29 is 19.0 Å². The van der Waals surface area contributed by atoms with E-state index in [0.717, 1.165) is 6.61 Å². The van der Waals surface area contributed by atoms with Crippen LogP contribution in [0.2, 0.25) is 0 Å². The van der Waals surface area contributed by atoms with E-state index in [4.69, 9.17) is 13.9 Å². The van der Waals surface area contributed by atoms with Crippen molar-refractivity contribution in [3.05, 3.63) is 46.6 Å². The van der Waals surface area contributed by atoms with Gasteiger partial charge in [0.15, 0.2) is 0 Å². The molecule has 0 aliphatic carbocycles. The Labute approximate surface area is 119 Å². The Balaban J connectivity index is 1.85. The quantitative estimate of drug-likeness (QED) is 0.590. The van der Waals surface area contributed by atoms with E-state index in [1.807, 2.05) is 0 Å². The van der Waals surface area contributed by atoms with Gasteiger partial charge in [0.2, 0.25) is 5.43 Å². The third-order valence-electron chi connectivity index (χ3n) is 3.47. The molecule has 1 unspecified atom stereocenters. The Kier molecular flexibility index (Phi) is 2.62. The first kappa shape index (κ1) is 12.2. The van der Waals surface area contributed by atoms with Gasteiger partial charge in [-0.3, -0.25) is 4.79 Å². The first-order valence-electron chi connectivity index (χ1n) is 6.65. The number of phenols is 1. The molecule has 0 radical (unpaired) electrons. The van der Waals surface area contributed by atoms with Crippen molar-refractivity contribution in [2.24, 2.45) is 0 Å². The summed E-state index contributed by atoms with van der Waals surface area (Å²) in [5.74, 6) is 0.684. The second kappa shape index (κ2) is 4.49. The van der Waals surface area contributed by atoms with Crippen LogP contribution in [0.15, 0.2) is 45.6 Å². The van der Waals surface area contributed by atoms with Crippen molar-refractivity contribution in [2.45, 2.75) is 6.10 Å². The molecule has 106 valence electrons. The first-order valence-corrected chi connectivity index (χ1v) is 6.65. The smallest absolute Gasteiger partial charge is 0.200 e. The van der Waals surface area contributed by atoms with E-state index in [9.17, 15) is 9.90 Å². The summed E-state index contributed by atoms with van der Waals surface area (Å²) in [6.07, 6.45) is 0.168. The molecule has 4 rings (SSSR count). The van der Waals surface area contributed by atoms with E-state index < -0.39 is 0 Å². The first-order chi connectivity index (χ1) is 10.2.